The lowest BCUT2D eigenvalue weighted by Gasteiger charge is -2.28. The molecule has 1 aliphatic rings. The van der Waals surface area contributed by atoms with Crippen LogP contribution in [0.3, 0.4) is 0 Å². The number of nitrogens with zero attached hydrogens (tertiary/aromatic N) is 7. The maximum atomic E-state index is 12.0. The summed E-state index contributed by atoms with van der Waals surface area (Å²) in [5.41, 5.74) is 4.61. The third-order valence-corrected chi connectivity index (χ3v) is 6.72. The number of hydrogen-bond acceptors (Lipinski definition) is 10. The van der Waals surface area contributed by atoms with Crippen molar-refractivity contribution in [1.29, 1.82) is 0 Å². The molecule has 1 fully saturated rings. The van der Waals surface area contributed by atoms with Gasteiger partial charge in [-0.3, -0.25) is 4.79 Å². The van der Waals surface area contributed by atoms with Crippen LogP contribution in [0.25, 0.3) is 22.6 Å². The number of pyridine rings is 1. The Kier molecular flexibility index (Phi) is 7.52. The van der Waals surface area contributed by atoms with E-state index in [1.165, 1.54) is 7.11 Å². The van der Waals surface area contributed by atoms with E-state index in [0.29, 0.717) is 36.1 Å². The smallest absolute Gasteiger partial charge is 0.308 e. The van der Waals surface area contributed by atoms with Crippen molar-refractivity contribution in [3.63, 3.8) is 0 Å². The molecule has 1 aromatic carbocycles. The van der Waals surface area contributed by atoms with Crippen molar-refractivity contribution < 1.29 is 14.3 Å². The van der Waals surface area contributed by atoms with Gasteiger partial charge in [-0.05, 0) is 44.7 Å². The van der Waals surface area contributed by atoms with Gasteiger partial charge < -0.3 is 14.8 Å². The number of carbonyl (C=O) groups excluding carboxylic acids is 1. The normalized spacial score (nSPS) is 17.1. The first kappa shape index (κ1) is 25.2. The molecule has 1 saturated carbocycles. The molecule has 0 amide bonds. The molecule has 0 bridgehead atoms. The first-order valence-electron chi connectivity index (χ1n) is 12.6. The summed E-state index contributed by atoms with van der Waals surface area (Å²) >= 11 is 0. The molecule has 3 heterocycles. The fraction of sp³-hybridized carbons (Fsp3) is 0.370. The summed E-state index contributed by atoms with van der Waals surface area (Å²) in [7, 11) is 3.26. The van der Waals surface area contributed by atoms with Crippen LogP contribution in [-0.4, -0.2) is 54.3 Å². The van der Waals surface area contributed by atoms with Gasteiger partial charge in [0.2, 0.25) is 5.95 Å². The molecule has 2 atom stereocenters. The predicted octanol–water partition coefficient (Wildman–Crippen LogP) is 3.76. The Hall–Kier alpha value is -4.41. The number of aromatic nitrogens is 7. The molecule has 3 aromatic heterocycles. The predicted molar refractivity (Wildman–Crippen MR) is 140 cm³/mol. The second-order valence-corrected chi connectivity index (χ2v) is 9.30. The number of ether oxygens (including phenoxy) is 2. The zero-order valence-corrected chi connectivity index (χ0v) is 21.7. The van der Waals surface area contributed by atoms with Gasteiger partial charge in [0.05, 0.1) is 54.6 Å². The average molecular weight is 515 g/mol. The molecule has 0 aliphatic heterocycles. The molecule has 0 spiro atoms. The second kappa shape index (κ2) is 11.3. The summed E-state index contributed by atoms with van der Waals surface area (Å²) in [6.07, 6.45) is 4.91. The number of benzene rings is 1. The molecular formula is C27H30N8O3. The summed E-state index contributed by atoms with van der Waals surface area (Å²) in [4.78, 5) is 21.3. The van der Waals surface area contributed by atoms with Gasteiger partial charge in [-0.25, -0.2) is 14.6 Å². The minimum atomic E-state index is -0.166. The second-order valence-electron chi connectivity index (χ2n) is 9.30. The van der Waals surface area contributed by atoms with Crippen molar-refractivity contribution in [2.24, 2.45) is 13.0 Å². The molecule has 1 aliphatic carbocycles. The number of aryl methyl sites for hydroxylation is 2. The van der Waals surface area contributed by atoms with Crippen LogP contribution < -0.4 is 10.1 Å². The van der Waals surface area contributed by atoms with E-state index in [9.17, 15) is 4.79 Å². The number of anilines is 1. The van der Waals surface area contributed by atoms with Crippen LogP contribution in [-0.2, 0) is 23.1 Å². The minimum Gasteiger partial charge on any atom is -0.489 e. The largest absolute Gasteiger partial charge is 0.489 e. The van der Waals surface area contributed by atoms with Crippen LogP contribution in [0.15, 0.2) is 48.7 Å². The molecule has 0 radical (unpaired) electrons. The Morgan fingerprint density at radius 1 is 1.08 bits per heavy atom. The Labute approximate surface area is 220 Å². The first-order chi connectivity index (χ1) is 18.5. The van der Waals surface area contributed by atoms with Crippen LogP contribution in [0.1, 0.15) is 37.1 Å². The summed E-state index contributed by atoms with van der Waals surface area (Å²) in [6.45, 7) is 2.29. The van der Waals surface area contributed by atoms with Crippen molar-refractivity contribution in [2.75, 3.05) is 12.4 Å². The van der Waals surface area contributed by atoms with Crippen LogP contribution in [0, 0.1) is 12.8 Å². The highest BCUT2D eigenvalue weighted by Gasteiger charge is 2.29. The van der Waals surface area contributed by atoms with Gasteiger partial charge in [-0.1, -0.05) is 35.5 Å². The van der Waals surface area contributed by atoms with E-state index in [2.05, 4.69) is 30.8 Å². The highest BCUT2D eigenvalue weighted by Crippen LogP contribution is 2.31. The quantitative estimate of drug-likeness (QED) is 0.347. The fourth-order valence-corrected chi connectivity index (χ4v) is 4.68. The van der Waals surface area contributed by atoms with Gasteiger partial charge in [0.25, 0.3) is 0 Å². The Balaban J connectivity index is 1.29. The van der Waals surface area contributed by atoms with Crippen molar-refractivity contribution in [3.8, 4) is 28.4 Å². The van der Waals surface area contributed by atoms with E-state index in [1.807, 2.05) is 56.4 Å². The number of carbonyl (C=O) groups is 1. The number of hydrogen-bond donors (Lipinski definition) is 1. The average Bonchev–Trinajstić information content (AvgIpc) is 3.33. The fourth-order valence-electron chi connectivity index (χ4n) is 4.68. The van der Waals surface area contributed by atoms with Gasteiger partial charge >= 0.3 is 5.97 Å². The molecule has 11 nitrogen and oxygen atoms in total. The number of nitrogens with one attached hydrogen (secondary N) is 1. The van der Waals surface area contributed by atoms with Crippen molar-refractivity contribution in [3.05, 3.63) is 60.0 Å². The number of methoxy groups -OCH3 is 1. The maximum absolute atomic E-state index is 12.0. The van der Waals surface area contributed by atoms with Crippen LogP contribution in [0.4, 0.5) is 5.95 Å². The Morgan fingerprint density at radius 3 is 2.71 bits per heavy atom. The SMILES string of the molecule is COC(=O)[C@H]1CCC[C@H](Oc2ccc(-c3nnn(C)c3CNc3nncc(-c4ccccc4)n3)nc2C)C1. The highest BCUT2D eigenvalue weighted by atomic mass is 16.5. The van der Waals surface area contributed by atoms with E-state index >= 15 is 0 Å². The van der Waals surface area contributed by atoms with Crippen molar-refractivity contribution in [2.45, 2.75) is 45.3 Å². The lowest BCUT2D eigenvalue weighted by molar-refractivity contribution is -0.147. The Bertz CT molecular complexity index is 1410. The molecule has 38 heavy (non-hydrogen) atoms. The highest BCUT2D eigenvalue weighted by molar-refractivity contribution is 5.72. The van der Waals surface area contributed by atoms with E-state index in [1.54, 1.807) is 10.9 Å². The molecule has 0 saturated heterocycles. The zero-order valence-electron chi connectivity index (χ0n) is 21.7. The third kappa shape index (κ3) is 5.61. The molecular weight excluding hydrogens is 484 g/mol. The standard InChI is InChI=1S/C27H30N8O3/c1-17-24(38-20-11-7-10-19(14-20)26(36)37-3)13-12-21(30-17)25-23(35(2)34-32-25)16-28-27-31-22(15-29-33-27)18-8-5-4-6-9-18/h4-6,8-9,12-13,15,19-20H,7,10-11,14,16H2,1-3H3,(H,28,31,33)/t19-,20-/m0/s1. The summed E-state index contributed by atoms with van der Waals surface area (Å²) in [5.74, 6) is 0.822. The van der Waals surface area contributed by atoms with Crippen LogP contribution in [0.2, 0.25) is 0 Å². The maximum Gasteiger partial charge on any atom is 0.308 e. The first-order valence-corrected chi connectivity index (χ1v) is 12.6. The molecule has 196 valence electrons. The number of rotatable bonds is 8. The van der Waals surface area contributed by atoms with E-state index in [4.69, 9.17) is 14.5 Å². The molecule has 0 unspecified atom stereocenters. The van der Waals surface area contributed by atoms with Gasteiger partial charge in [-0.2, -0.15) is 5.10 Å². The lowest BCUT2D eigenvalue weighted by atomic mass is 9.87. The number of esters is 1. The van der Waals surface area contributed by atoms with Gasteiger partial charge in [0, 0.05) is 12.6 Å². The molecule has 1 N–H and O–H groups in total. The summed E-state index contributed by atoms with van der Waals surface area (Å²) in [5, 5.41) is 20.0. The zero-order chi connectivity index (χ0) is 26.5. The Morgan fingerprint density at radius 2 is 1.92 bits per heavy atom. The minimum absolute atomic E-state index is 0.0456. The van der Waals surface area contributed by atoms with Crippen molar-refractivity contribution in [1.82, 2.24) is 35.2 Å². The third-order valence-electron chi connectivity index (χ3n) is 6.72. The molecule has 11 heteroatoms. The van der Waals surface area contributed by atoms with Gasteiger partial charge in [0.15, 0.2) is 0 Å². The molecule has 5 rings (SSSR count). The van der Waals surface area contributed by atoms with E-state index in [-0.39, 0.29) is 18.0 Å². The summed E-state index contributed by atoms with van der Waals surface area (Å²) < 4.78 is 12.9. The summed E-state index contributed by atoms with van der Waals surface area (Å²) in [6, 6.07) is 13.6. The lowest BCUT2D eigenvalue weighted by Crippen LogP contribution is -2.30. The van der Waals surface area contributed by atoms with Crippen LogP contribution >= 0.6 is 0 Å². The van der Waals surface area contributed by atoms with Gasteiger partial charge in [0.1, 0.15) is 11.4 Å². The van der Waals surface area contributed by atoms with Crippen LogP contribution in [0.5, 0.6) is 5.75 Å². The van der Waals surface area contributed by atoms with E-state index < -0.39 is 0 Å². The monoisotopic (exact) mass is 514 g/mol. The topological polar surface area (TPSA) is 130 Å². The van der Waals surface area contributed by atoms with Gasteiger partial charge in [-0.15, -0.1) is 10.2 Å². The molecule has 4 aromatic rings. The van der Waals surface area contributed by atoms with Crippen molar-refractivity contribution >= 4 is 11.9 Å². The van der Waals surface area contributed by atoms with E-state index in [0.717, 1.165) is 41.9 Å².